The molecule has 0 aliphatic carbocycles. The van der Waals surface area contributed by atoms with Crippen molar-refractivity contribution >= 4 is 34.3 Å². The van der Waals surface area contributed by atoms with Gasteiger partial charge in [-0.3, -0.25) is 4.79 Å². The minimum absolute atomic E-state index is 0.187. The Balaban J connectivity index is 1.77. The van der Waals surface area contributed by atoms with Crippen LogP contribution in [0.5, 0.6) is 11.5 Å². The summed E-state index contributed by atoms with van der Waals surface area (Å²) in [6.45, 7) is 0. The summed E-state index contributed by atoms with van der Waals surface area (Å²) in [5, 5.41) is 12.0. The third-order valence-electron chi connectivity index (χ3n) is 5.87. The van der Waals surface area contributed by atoms with Crippen LogP contribution in [0, 0.1) is 11.3 Å². The lowest BCUT2D eigenvalue weighted by Crippen LogP contribution is -2.18. The molecule has 9 nitrogen and oxygen atoms in total. The van der Waals surface area contributed by atoms with Crippen LogP contribution in [0.4, 0.5) is 26.1 Å². The number of pyridine rings is 1. The number of imidazole rings is 1. The van der Waals surface area contributed by atoms with Gasteiger partial charge in [-0.05, 0) is 35.9 Å². The summed E-state index contributed by atoms with van der Waals surface area (Å²) in [5.74, 6) is 0.941. The first-order chi connectivity index (χ1) is 17.7. The van der Waals surface area contributed by atoms with Crippen LogP contribution < -0.4 is 19.7 Å². The number of rotatable bonds is 8. The van der Waals surface area contributed by atoms with Gasteiger partial charge in [0.1, 0.15) is 22.8 Å². The molecule has 0 aliphatic rings. The number of ether oxygens (including phenoxy) is 2. The second-order valence-corrected chi connectivity index (χ2v) is 8.18. The van der Waals surface area contributed by atoms with Crippen molar-refractivity contribution < 1.29 is 23.0 Å². The zero-order chi connectivity index (χ0) is 26.7. The van der Waals surface area contributed by atoms with E-state index in [1.165, 1.54) is 20.3 Å². The lowest BCUT2D eigenvalue weighted by molar-refractivity contribution is 0.102. The number of aromatic nitrogens is 3. The van der Waals surface area contributed by atoms with E-state index in [0.717, 1.165) is 0 Å². The van der Waals surface area contributed by atoms with Crippen LogP contribution in [-0.2, 0) is 13.5 Å². The van der Waals surface area contributed by atoms with E-state index in [0.29, 0.717) is 39.6 Å². The van der Waals surface area contributed by atoms with Gasteiger partial charge in [0.25, 0.3) is 5.91 Å². The van der Waals surface area contributed by atoms with Crippen molar-refractivity contribution in [2.45, 2.75) is 12.8 Å². The maximum atomic E-state index is 13.3. The fourth-order valence-electron chi connectivity index (χ4n) is 3.97. The maximum absolute atomic E-state index is 13.3. The third kappa shape index (κ3) is 5.13. The van der Waals surface area contributed by atoms with Crippen molar-refractivity contribution in [1.82, 2.24) is 14.5 Å². The topological polar surface area (TPSA) is 105 Å². The Bertz CT molecular complexity index is 1510. The SMILES string of the molecule is COc1ccc(C(=O)Nc2nc(N(C)c3ccc(C#N)cc3CC(F)F)cc3c2ncn3C)c(OC)c1. The van der Waals surface area contributed by atoms with Crippen molar-refractivity contribution in [3.05, 3.63) is 65.5 Å². The number of hydrogen-bond donors (Lipinski definition) is 1. The molecule has 0 aliphatic heterocycles. The summed E-state index contributed by atoms with van der Waals surface area (Å²) in [5.41, 5.74) is 2.42. The Labute approximate surface area is 211 Å². The molecule has 2 aromatic heterocycles. The number of alkyl halides is 2. The third-order valence-corrected chi connectivity index (χ3v) is 5.87. The molecule has 0 saturated heterocycles. The van der Waals surface area contributed by atoms with E-state index in [1.54, 1.807) is 66.3 Å². The zero-order valence-electron chi connectivity index (χ0n) is 20.6. The number of benzene rings is 2. The van der Waals surface area contributed by atoms with Crippen molar-refractivity contribution in [2.75, 3.05) is 31.5 Å². The molecule has 2 heterocycles. The second kappa shape index (κ2) is 10.5. The van der Waals surface area contributed by atoms with Crippen molar-refractivity contribution in [3.63, 3.8) is 0 Å². The molecule has 190 valence electrons. The van der Waals surface area contributed by atoms with Crippen LogP contribution in [0.1, 0.15) is 21.5 Å². The molecule has 0 unspecified atom stereocenters. The number of anilines is 3. The maximum Gasteiger partial charge on any atom is 0.260 e. The number of nitrogens with one attached hydrogen (secondary N) is 1. The number of methoxy groups -OCH3 is 2. The molecule has 0 radical (unpaired) electrons. The van der Waals surface area contributed by atoms with Crippen molar-refractivity contribution in [1.29, 1.82) is 5.26 Å². The fourth-order valence-corrected chi connectivity index (χ4v) is 3.97. The number of amides is 1. The van der Waals surface area contributed by atoms with Crippen LogP contribution in [0.15, 0.2) is 48.8 Å². The molecule has 0 saturated carbocycles. The van der Waals surface area contributed by atoms with Gasteiger partial charge in [0.2, 0.25) is 6.43 Å². The highest BCUT2D eigenvalue weighted by atomic mass is 19.3. The van der Waals surface area contributed by atoms with Gasteiger partial charge in [-0.2, -0.15) is 5.26 Å². The molecule has 0 bridgehead atoms. The molecule has 1 N–H and O–H groups in total. The average molecular weight is 507 g/mol. The quantitative estimate of drug-likeness (QED) is 0.370. The zero-order valence-corrected chi connectivity index (χ0v) is 20.6. The van der Waals surface area contributed by atoms with E-state index in [1.807, 2.05) is 6.07 Å². The van der Waals surface area contributed by atoms with Crippen LogP contribution in [0.25, 0.3) is 11.0 Å². The summed E-state index contributed by atoms with van der Waals surface area (Å²) in [6.07, 6.45) is -1.53. The second-order valence-electron chi connectivity index (χ2n) is 8.18. The van der Waals surface area contributed by atoms with Gasteiger partial charge in [-0.15, -0.1) is 0 Å². The van der Waals surface area contributed by atoms with Gasteiger partial charge >= 0.3 is 0 Å². The summed E-state index contributed by atoms with van der Waals surface area (Å²) in [6, 6.07) is 13.1. The van der Waals surface area contributed by atoms with Crippen LogP contribution in [0.3, 0.4) is 0 Å². The van der Waals surface area contributed by atoms with Crippen LogP contribution in [0.2, 0.25) is 0 Å². The molecule has 2 aromatic carbocycles. The number of halogens is 2. The number of carbonyl (C=O) groups excluding carboxylic acids is 1. The van der Waals surface area contributed by atoms with E-state index >= 15 is 0 Å². The number of fused-ring (bicyclic) bond motifs is 1. The van der Waals surface area contributed by atoms with Crippen LogP contribution >= 0.6 is 0 Å². The Morgan fingerprint density at radius 1 is 1.19 bits per heavy atom. The highest BCUT2D eigenvalue weighted by molar-refractivity contribution is 6.09. The molecular formula is C26H24F2N6O3. The minimum atomic E-state index is -2.59. The van der Waals surface area contributed by atoms with Gasteiger partial charge in [0, 0.05) is 38.3 Å². The average Bonchev–Trinajstić information content (AvgIpc) is 3.28. The highest BCUT2D eigenvalue weighted by Crippen LogP contribution is 2.33. The first-order valence-electron chi connectivity index (χ1n) is 11.2. The number of nitrogens with zero attached hydrogens (tertiary/aromatic N) is 5. The monoisotopic (exact) mass is 506 g/mol. The summed E-state index contributed by atoms with van der Waals surface area (Å²) in [7, 11) is 6.43. The number of hydrogen-bond acceptors (Lipinski definition) is 7. The molecule has 37 heavy (non-hydrogen) atoms. The van der Waals surface area contributed by atoms with Gasteiger partial charge in [0.15, 0.2) is 5.82 Å². The molecule has 0 spiro atoms. The van der Waals surface area contributed by atoms with Crippen LogP contribution in [-0.4, -0.2) is 48.1 Å². The predicted octanol–water partition coefficient (Wildman–Crippen LogP) is 4.68. The van der Waals surface area contributed by atoms with Gasteiger partial charge in [-0.25, -0.2) is 18.7 Å². The van der Waals surface area contributed by atoms with E-state index in [2.05, 4.69) is 15.3 Å². The largest absolute Gasteiger partial charge is 0.497 e. The Kier molecular flexibility index (Phi) is 7.20. The van der Waals surface area contributed by atoms with Crippen molar-refractivity contribution in [3.8, 4) is 17.6 Å². The molecule has 4 rings (SSSR count). The minimum Gasteiger partial charge on any atom is -0.497 e. The van der Waals surface area contributed by atoms with Gasteiger partial charge < -0.3 is 24.3 Å². The number of aryl methyl sites for hydroxylation is 1. The van der Waals surface area contributed by atoms with Crippen molar-refractivity contribution in [2.24, 2.45) is 7.05 Å². The molecular weight excluding hydrogens is 482 g/mol. The molecule has 4 aromatic rings. The van der Waals surface area contributed by atoms with E-state index < -0.39 is 18.8 Å². The van der Waals surface area contributed by atoms with Gasteiger partial charge in [0.05, 0.1) is 43.3 Å². The molecule has 0 atom stereocenters. The first kappa shape index (κ1) is 25.4. The molecule has 0 fully saturated rings. The number of nitriles is 1. The standard InChI is InChI=1S/C26H24F2N6O3/c1-33-14-30-24-20(33)12-23(34(2)19-8-5-15(13-29)9-16(19)10-22(27)28)31-25(24)32-26(35)18-7-6-17(36-3)11-21(18)37-4/h5-9,11-12,14,22H,10H2,1-4H3,(H,31,32,35). The summed E-state index contributed by atoms with van der Waals surface area (Å²) >= 11 is 0. The highest BCUT2D eigenvalue weighted by Gasteiger charge is 2.21. The first-order valence-corrected chi connectivity index (χ1v) is 11.2. The van der Waals surface area contributed by atoms with Gasteiger partial charge in [-0.1, -0.05) is 0 Å². The Morgan fingerprint density at radius 3 is 2.65 bits per heavy atom. The normalized spacial score (nSPS) is 10.9. The number of carbonyl (C=O) groups is 1. The predicted molar refractivity (Wildman–Crippen MR) is 135 cm³/mol. The molecule has 1 amide bonds. The van der Waals surface area contributed by atoms with E-state index in [4.69, 9.17) is 9.47 Å². The van der Waals surface area contributed by atoms with E-state index in [9.17, 15) is 18.8 Å². The Morgan fingerprint density at radius 2 is 1.97 bits per heavy atom. The van der Waals surface area contributed by atoms with E-state index in [-0.39, 0.29) is 16.9 Å². The lowest BCUT2D eigenvalue weighted by atomic mass is 10.1. The fraction of sp³-hybridized carbons (Fsp3) is 0.231. The Hall–Kier alpha value is -4.72. The molecule has 11 heteroatoms. The summed E-state index contributed by atoms with van der Waals surface area (Å²) in [4.78, 5) is 23.8. The lowest BCUT2D eigenvalue weighted by Gasteiger charge is -2.23. The smallest absolute Gasteiger partial charge is 0.260 e. The summed E-state index contributed by atoms with van der Waals surface area (Å²) < 4.78 is 38.9.